The Morgan fingerprint density at radius 3 is 2.70 bits per heavy atom. The molecule has 27 heavy (non-hydrogen) atoms. The van der Waals surface area contributed by atoms with E-state index in [4.69, 9.17) is 9.72 Å². The zero-order valence-electron chi connectivity index (χ0n) is 16.0. The fourth-order valence-corrected chi connectivity index (χ4v) is 4.04. The summed E-state index contributed by atoms with van der Waals surface area (Å²) in [6, 6.07) is 19.6. The monoisotopic (exact) mass is 361 g/mol. The van der Waals surface area contributed by atoms with Crippen LogP contribution in [0.2, 0.25) is 0 Å². The number of para-hydroxylation sites is 1. The minimum atomic E-state index is 0.211. The van der Waals surface area contributed by atoms with Gasteiger partial charge in [0.2, 0.25) is 0 Å². The van der Waals surface area contributed by atoms with Crippen molar-refractivity contribution in [3.63, 3.8) is 0 Å². The lowest BCUT2D eigenvalue weighted by Crippen LogP contribution is -2.41. The molecular formula is C23H27N3O. The molecule has 4 heteroatoms. The molecule has 0 radical (unpaired) electrons. The quantitative estimate of drug-likeness (QED) is 0.682. The summed E-state index contributed by atoms with van der Waals surface area (Å²) in [7, 11) is 1.70. The van der Waals surface area contributed by atoms with Crippen LogP contribution < -0.4 is 15.4 Å². The Bertz CT molecular complexity index is 904. The molecule has 2 heterocycles. The molecule has 4 rings (SSSR count). The number of methoxy groups -OCH3 is 1. The Kier molecular flexibility index (Phi) is 5.26. The van der Waals surface area contributed by atoms with E-state index in [0.717, 1.165) is 34.6 Å². The van der Waals surface area contributed by atoms with Crippen LogP contribution in [0.25, 0.3) is 10.9 Å². The number of fused-ring (bicyclic) bond motifs is 1. The molecule has 2 aromatic carbocycles. The molecule has 1 aliphatic heterocycles. The topological polar surface area (TPSA) is 46.2 Å². The van der Waals surface area contributed by atoms with E-state index < -0.39 is 0 Å². The highest BCUT2D eigenvalue weighted by molar-refractivity contribution is 5.95. The summed E-state index contributed by atoms with van der Waals surface area (Å²) < 4.78 is 5.54. The minimum absolute atomic E-state index is 0.211. The third-order valence-corrected chi connectivity index (χ3v) is 5.37. The van der Waals surface area contributed by atoms with Crippen molar-refractivity contribution in [2.75, 3.05) is 19.0 Å². The van der Waals surface area contributed by atoms with Gasteiger partial charge >= 0.3 is 0 Å². The van der Waals surface area contributed by atoms with Crippen LogP contribution in [-0.4, -0.2) is 24.7 Å². The lowest BCUT2D eigenvalue weighted by molar-refractivity contribution is 0.366. The van der Waals surface area contributed by atoms with Crippen LogP contribution >= 0.6 is 0 Å². The van der Waals surface area contributed by atoms with E-state index in [1.54, 1.807) is 7.11 Å². The maximum Gasteiger partial charge on any atom is 0.145 e. The Hall–Kier alpha value is -2.59. The molecule has 1 aliphatic rings. The Balaban J connectivity index is 1.77. The van der Waals surface area contributed by atoms with Gasteiger partial charge in [0.05, 0.1) is 13.2 Å². The lowest BCUT2D eigenvalue weighted by Gasteiger charge is -2.33. The van der Waals surface area contributed by atoms with E-state index in [1.807, 2.05) is 19.1 Å². The average molecular weight is 361 g/mol. The van der Waals surface area contributed by atoms with Crippen LogP contribution in [0.4, 0.5) is 5.69 Å². The van der Waals surface area contributed by atoms with Gasteiger partial charge in [-0.1, -0.05) is 48.9 Å². The number of aromatic nitrogens is 1. The molecule has 140 valence electrons. The summed E-state index contributed by atoms with van der Waals surface area (Å²) >= 11 is 0. The number of hydrogen-bond acceptors (Lipinski definition) is 4. The summed E-state index contributed by atoms with van der Waals surface area (Å²) in [5, 5.41) is 8.66. The number of aryl methyl sites for hydroxylation is 1. The second-order valence-corrected chi connectivity index (χ2v) is 7.26. The van der Waals surface area contributed by atoms with Crippen molar-refractivity contribution in [1.82, 2.24) is 10.3 Å². The van der Waals surface area contributed by atoms with E-state index in [-0.39, 0.29) is 6.04 Å². The fourth-order valence-electron chi connectivity index (χ4n) is 4.04. The predicted octanol–water partition coefficient (Wildman–Crippen LogP) is 4.85. The first-order valence-corrected chi connectivity index (χ1v) is 9.75. The van der Waals surface area contributed by atoms with Crippen LogP contribution in [-0.2, 0) is 0 Å². The smallest absolute Gasteiger partial charge is 0.145 e. The molecule has 3 aromatic rings. The van der Waals surface area contributed by atoms with E-state index in [0.29, 0.717) is 6.04 Å². The molecule has 1 unspecified atom stereocenters. The van der Waals surface area contributed by atoms with Crippen molar-refractivity contribution in [1.29, 1.82) is 0 Å². The molecule has 1 saturated heterocycles. The van der Waals surface area contributed by atoms with Gasteiger partial charge in [-0.2, -0.15) is 0 Å². The highest BCUT2D eigenvalue weighted by Gasteiger charge is 2.25. The number of nitrogens with zero attached hydrogens (tertiary/aromatic N) is 1. The maximum absolute atomic E-state index is 5.54. The number of nitrogens with one attached hydrogen (secondary N) is 2. The number of ether oxygens (including phenoxy) is 1. The molecule has 2 atom stereocenters. The molecule has 0 saturated carbocycles. The van der Waals surface area contributed by atoms with Crippen molar-refractivity contribution in [2.45, 2.75) is 38.3 Å². The highest BCUT2D eigenvalue weighted by Crippen LogP contribution is 2.34. The molecule has 2 N–H and O–H groups in total. The average Bonchev–Trinajstić information content (AvgIpc) is 2.72. The van der Waals surface area contributed by atoms with Gasteiger partial charge in [0.15, 0.2) is 0 Å². The van der Waals surface area contributed by atoms with Crippen molar-refractivity contribution in [2.24, 2.45) is 0 Å². The third-order valence-electron chi connectivity index (χ3n) is 5.37. The molecule has 4 nitrogen and oxygen atoms in total. The molecule has 0 amide bonds. The van der Waals surface area contributed by atoms with Crippen molar-refractivity contribution in [3.05, 3.63) is 65.9 Å². The zero-order chi connectivity index (χ0) is 18.6. The summed E-state index contributed by atoms with van der Waals surface area (Å²) in [6.45, 7) is 3.12. The van der Waals surface area contributed by atoms with Gasteiger partial charge in [0.25, 0.3) is 0 Å². The summed E-state index contributed by atoms with van der Waals surface area (Å²) in [5.74, 6) is 0.811. The van der Waals surface area contributed by atoms with Crippen molar-refractivity contribution in [3.8, 4) is 5.75 Å². The van der Waals surface area contributed by atoms with Crippen LogP contribution in [0.5, 0.6) is 5.75 Å². The molecule has 0 bridgehead atoms. The minimum Gasteiger partial charge on any atom is -0.494 e. The zero-order valence-corrected chi connectivity index (χ0v) is 16.0. The highest BCUT2D eigenvalue weighted by atomic mass is 16.5. The number of rotatable bonds is 5. The summed E-state index contributed by atoms with van der Waals surface area (Å²) in [6.07, 6.45) is 3.71. The van der Waals surface area contributed by atoms with Gasteiger partial charge < -0.3 is 15.4 Å². The van der Waals surface area contributed by atoms with E-state index >= 15 is 0 Å². The summed E-state index contributed by atoms with van der Waals surface area (Å²) in [4.78, 5) is 4.72. The Labute approximate surface area is 161 Å². The summed E-state index contributed by atoms with van der Waals surface area (Å²) in [5.41, 5.74) is 4.31. The molecule has 0 spiro atoms. The normalized spacial score (nSPS) is 18.2. The number of anilines is 1. The predicted molar refractivity (Wildman–Crippen MR) is 111 cm³/mol. The standard InChI is InChI=1S/C23H27N3O/c1-16-15-20(18-11-8-13-21(27-2)23(18)25-16)26-22(17-9-4-3-5-10-17)19-12-6-7-14-24-19/h3-5,8-11,13,15,19,22,24H,6-7,12,14H2,1-2H3,(H,25,26)/t19?,22-/m0/s1. The van der Waals surface area contributed by atoms with Crippen molar-refractivity contribution >= 4 is 16.6 Å². The molecular weight excluding hydrogens is 334 g/mol. The van der Waals surface area contributed by atoms with Crippen LogP contribution in [0.15, 0.2) is 54.6 Å². The van der Waals surface area contributed by atoms with Gasteiger partial charge in [-0.25, -0.2) is 4.98 Å². The first-order valence-electron chi connectivity index (χ1n) is 9.75. The van der Waals surface area contributed by atoms with Gasteiger partial charge in [-0.15, -0.1) is 0 Å². The van der Waals surface area contributed by atoms with Gasteiger partial charge in [-0.05, 0) is 44.0 Å². The van der Waals surface area contributed by atoms with Gasteiger partial charge in [0, 0.05) is 22.8 Å². The maximum atomic E-state index is 5.54. The van der Waals surface area contributed by atoms with E-state index in [9.17, 15) is 0 Å². The SMILES string of the molecule is COc1cccc2c(N[C@@H](c3ccccc3)C3CCCCN3)cc(C)nc12. The first-order chi connectivity index (χ1) is 13.3. The second kappa shape index (κ2) is 7.97. The van der Waals surface area contributed by atoms with Crippen LogP contribution in [0.1, 0.15) is 36.6 Å². The number of benzene rings is 2. The molecule has 0 aliphatic carbocycles. The fraction of sp³-hybridized carbons (Fsp3) is 0.348. The second-order valence-electron chi connectivity index (χ2n) is 7.26. The van der Waals surface area contributed by atoms with Crippen LogP contribution in [0.3, 0.4) is 0 Å². The van der Waals surface area contributed by atoms with Gasteiger partial charge in [0.1, 0.15) is 11.3 Å². The molecule has 1 aromatic heterocycles. The molecule has 1 fully saturated rings. The van der Waals surface area contributed by atoms with Crippen LogP contribution in [0, 0.1) is 6.92 Å². The van der Waals surface area contributed by atoms with E-state index in [2.05, 4.69) is 53.1 Å². The Morgan fingerprint density at radius 1 is 1.11 bits per heavy atom. The van der Waals surface area contributed by atoms with Gasteiger partial charge in [-0.3, -0.25) is 0 Å². The lowest BCUT2D eigenvalue weighted by atomic mass is 9.92. The van der Waals surface area contributed by atoms with Crippen molar-refractivity contribution < 1.29 is 4.74 Å². The largest absolute Gasteiger partial charge is 0.494 e. The first kappa shape index (κ1) is 17.8. The number of hydrogen-bond donors (Lipinski definition) is 2. The van der Waals surface area contributed by atoms with E-state index in [1.165, 1.54) is 24.8 Å². The Morgan fingerprint density at radius 2 is 1.96 bits per heavy atom. The third kappa shape index (κ3) is 3.76. The number of pyridine rings is 1. The number of piperidine rings is 1.